The number of hydrogen-bond donors (Lipinski definition) is 1. The lowest BCUT2D eigenvalue weighted by atomic mass is 10.2. The molecule has 1 N–H and O–H groups in total. The van der Waals surface area contributed by atoms with Crippen LogP contribution in [0.5, 0.6) is 0 Å². The van der Waals surface area contributed by atoms with Gasteiger partial charge in [-0.3, -0.25) is 0 Å². The largest absolute Gasteiger partial charge is 0.314 e. The Morgan fingerprint density at radius 1 is 1.33 bits per heavy atom. The second kappa shape index (κ2) is 7.19. The number of hydrogen-bond acceptors (Lipinski definition) is 3. The van der Waals surface area contributed by atoms with E-state index >= 15 is 0 Å². The lowest BCUT2D eigenvalue weighted by Crippen LogP contribution is -2.33. The molecule has 0 aromatic rings. The van der Waals surface area contributed by atoms with Gasteiger partial charge in [0.25, 0.3) is 0 Å². The zero-order valence-electron chi connectivity index (χ0n) is 10.3. The predicted molar refractivity (Wildman–Crippen MR) is 64.5 cm³/mol. The van der Waals surface area contributed by atoms with Gasteiger partial charge >= 0.3 is 0 Å². The average molecular weight is 236 g/mol. The van der Waals surface area contributed by atoms with Crippen molar-refractivity contribution in [1.29, 1.82) is 0 Å². The van der Waals surface area contributed by atoms with Gasteiger partial charge in [0.05, 0.1) is 6.26 Å². The zero-order valence-corrected chi connectivity index (χ0v) is 11.1. The average Bonchev–Trinajstić information content (AvgIpc) is 2.15. The first-order valence-electron chi connectivity index (χ1n) is 5.60. The summed E-state index contributed by atoms with van der Waals surface area (Å²) in [6, 6.07) is 0.512. The summed E-state index contributed by atoms with van der Waals surface area (Å²) in [6.45, 7) is 8.17. The highest BCUT2D eigenvalue weighted by Crippen LogP contribution is 1.98. The van der Waals surface area contributed by atoms with Crippen molar-refractivity contribution in [3.63, 3.8) is 0 Å². The molecule has 0 heterocycles. The lowest BCUT2D eigenvalue weighted by molar-refractivity contribution is 0.411. The van der Waals surface area contributed by atoms with E-state index < -0.39 is 10.0 Å². The summed E-state index contributed by atoms with van der Waals surface area (Å²) in [5, 5.41) is 3.34. The van der Waals surface area contributed by atoms with E-state index in [0.717, 1.165) is 19.4 Å². The van der Waals surface area contributed by atoms with E-state index in [4.69, 9.17) is 0 Å². The molecule has 1 atom stereocenters. The molecule has 15 heavy (non-hydrogen) atoms. The molecule has 0 rings (SSSR count). The number of nitrogens with zero attached hydrogens (tertiary/aromatic N) is 1. The molecule has 0 saturated carbocycles. The van der Waals surface area contributed by atoms with Gasteiger partial charge in [-0.05, 0) is 26.3 Å². The summed E-state index contributed by atoms with van der Waals surface area (Å²) in [7, 11) is -3.02. The van der Waals surface area contributed by atoms with Gasteiger partial charge in [0.2, 0.25) is 10.0 Å². The molecule has 0 aliphatic rings. The van der Waals surface area contributed by atoms with Crippen LogP contribution in [-0.4, -0.2) is 44.7 Å². The number of sulfonamides is 1. The maximum absolute atomic E-state index is 11.3. The van der Waals surface area contributed by atoms with Crippen molar-refractivity contribution < 1.29 is 8.42 Å². The monoisotopic (exact) mass is 236 g/mol. The van der Waals surface area contributed by atoms with Crippen LogP contribution in [0, 0.1) is 0 Å². The maximum atomic E-state index is 11.3. The second-order valence-corrected chi connectivity index (χ2v) is 5.85. The Balaban J connectivity index is 3.75. The molecular weight excluding hydrogens is 212 g/mol. The molecule has 0 aromatic heterocycles. The van der Waals surface area contributed by atoms with Crippen LogP contribution in [0.4, 0.5) is 0 Å². The van der Waals surface area contributed by atoms with Gasteiger partial charge in [-0.15, -0.1) is 0 Å². The van der Waals surface area contributed by atoms with Crippen molar-refractivity contribution >= 4 is 10.0 Å². The van der Waals surface area contributed by atoms with Crippen molar-refractivity contribution in [1.82, 2.24) is 9.62 Å². The molecule has 0 aliphatic carbocycles. The lowest BCUT2D eigenvalue weighted by Gasteiger charge is -2.18. The SMILES string of the molecule is CC[C@H](C)NCCCN(CC)S(C)(=O)=O. The summed E-state index contributed by atoms with van der Waals surface area (Å²) in [5.74, 6) is 0. The third kappa shape index (κ3) is 6.87. The van der Waals surface area contributed by atoms with Crippen molar-refractivity contribution in [3.8, 4) is 0 Å². The van der Waals surface area contributed by atoms with Crippen LogP contribution in [0.25, 0.3) is 0 Å². The Hall–Kier alpha value is -0.130. The van der Waals surface area contributed by atoms with Crippen molar-refractivity contribution in [2.75, 3.05) is 25.9 Å². The quantitative estimate of drug-likeness (QED) is 0.641. The van der Waals surface area contributed by atoms with E-state index in [0.29, 0.717) is 19.1 Å². The molecule has 0 saturated heterocycles. The van der Waals surface area contributed by atoms with E-state index in [1.54, 1.807) is 0 Å². The highest BCUT2D eigenvalue weighted by molar-refractivity contribution is 7.88. The van der Waals surface area contributed by atoms with Gasteiger partial charge in [-0.25, -0.2) is 12.7 Å². The number of nitrogens with one attached hydrogen (secondary N) is 1. The Kier molecular flexibility index (Phi) is 7.13. The van der Waals surface area contributed by atoms with Gasteiger partial charge in [-0.1, -0.05) is 13.8 Å². The van der Waals surface area contributed by atoms with Crippen molar-refractivity contribution in [2.24, 2.45) is 0 Å². The minimum Gasteiger partial charge on any atom is -0.314 e. The minimum absolute atomic E-state index is 0.512. The minimum atomic E-state index is -3.02. The molecule has 0 fully saturated rings. The third-order valence-electron chi connectivity index (χ3n) is 2.51. The molecule has 0 unspecified atom stereocenters. The summed E-state index contributed by atoms with van der Waals surface area (Å²) >= 11 is 0. The van der Waals surface area contributed by atoms with E-state index in [1.807, 2.05) is 6.92 Å². The Morgan fingerprint density at radius 3 is 2.33 bits per heavy atom. The van der Waals surface area contributed by atoms with Crippen LogP contribution in [0.15, 0.2) is 0 Å². The van der Waals surface area contributed by atoms with E-state index in [9.17, 15) is 8.42 Å². The summed E-state index contributed by atoms with van der Waals surface area (Å²) < 4.78 is 24.0. The highest BCUT2D eigenvalue weighted by atomic mass is 32.2. The first-order chi connectivity index (χ1) is 6.91. The van der Waals surface area contributed by atoms with Crippen LogP contribution in [0.3, 0.4) is 0 Å². The van der Waals surface area contributed by atoms with Crippen molar-refractivity contribution in [3.05, 3.63) is 0 Å². The fraction of sp³-hybridized carbons (Fsp3) is 1.00. The first-order valence-corrected chi connectivity index (χ1v) is 7.45. The van der Waals surface area contributed by atoms with E-state index in [-0.39, 0.29) is 0 Å². The molecule has 5 heteroatoms. The van der Waals surface area contributed by atoms with Gasteiger partial charge in [0.1, 0.15) is 0 Å². The molecule has 0 spiro atoms. The molecule has 0 amide bonds. The molecule has 0 aromatic carbocycles. The molecule has 92 valence electrons. The molecule has 4 nitrogen and oxygen atoms in total. The fourth-order valence-corrected chi connectivity index (χ4v) is 2.24. The molecule has 0 radical (unpaired) electrons. The van der Waals surface area contributed by atoms with Gasteiger partial charge < -0.3 is 5.32 Å². The Bertz CT molecular complexity index is 252. The molecule has 0 bridgehead atoms. The summed E-state index contributed by atoms with van der Waals surface area (Å²) in [5.41, 5.74) is 0. The number of rotatable bonds is 8. The third-order valence-corrected chi connectivity index (χ3v) is 3.89. The Morgan fingerprint density at radius 2 is 1.93 bits per heavy atom. The molecular formula is C10H24N2O2S. The van der Waals surface area contributed by atoms with Gasteiger partial charge in [0.15, 0.2) is 0 Å². The van der Waals surface area contributed by atoms with Crippen LogP contribution in [0.1, 0.15) is 33.6 Å². The van der Waals surface area contributed by atoms with Crippen LogP contribution in [-0.2, 0) is 10.0 Å². The molecule has 0 aliphatic heterocycles. The second-order valence-electron chi connectivity index (χ2n) is 3.87. The first kappa shape index (κ1) is 14.9. The van der Waals surface area contributed by atoms with Crippen molar-refractivity contribution in [2.45, 2.75) is 39.7 Å². The van der Waals surface area contributed by atoms with Gasteiger partial charge in [0, 0.05) is 19.1 Å². The standard InChI is InChI=1S/C10H24N2O2S/c1-5-10(3)11-8-7-9-12(6-2)15(4,13)14/h10-11H,5-9H2,1-4H3/t10-/m0/s1. The highest BCUT2D eigenvalue weighted by Gasteiger charge is 2.12. The smallest absolute Gasteiger partial charge is 0.211 e. The Labute approximate surface area is 94.1 Å². The normalized spacial score (nSPS) is 14.5. The maximum Gasteiger partial charge on any atom is 0.211 e. The topological polar surface area (TPSA) is 49.4 Å². The summed E-state index contributed by atoms with van der Waals surface area (Å²) in [6.07, 6.45) is 3.23. The van der Waals surface area contributed by atoms with Crippen LogP contribution in [0.2, 0.25) is 0 Å². The van der Waals surface area contributed by atoms with Gasteiger partial charge in [-0.2, -0.15) is 0 Å². The van der Waals surface area contributed by atoms with Crippen LogP contribution >= 0.6 is 0 Å². The van der Waals surface area contributed by atoms with E-state index in [2.05, 4.69) is 19.2 Å². The van der Waals surface area contributed by atoms with E-state index in [1.165, 1.54) is 10.6 Å². The zero-order chi connectivity index (χ0) is 11.9. The fourth-order valence-electron chi connectivity index (χ4n) is 1.31. The van der Waals surface area contributed by atoms with Crippen LogP contribution < -0.4 is 5.32 Å². The predicted octanol–water partition coefficient (Wildman–Crippen LogP) is 1.05. The summed E-state index contributed by atoms with van der Waals surface area (Å²) in [4.78, 5) is 0.